The number of aromatic nitrogens is 2. The summed E-state index contributed by atoms with van der Waals surface area (Å²) >= 11 is 1.18. The van der Waals surface area contributed by atoms with Crippen molar-refractivity contribution >= 4 is 43.2 Å². The lowest BCUT2D eigenvalue weighted by Gasteiger charge is -2.36. The molecule has 9 nitrogen and oxygen atoms in total. The van der Waals surface area contributed by atoms with E-state index in [2.05, 4.69) is 4.98 Å². The summed E-state index contributed by atoms with van der Waals surface area (Å²) in [4.78, 5) is 35.4. The van der Waals surface area contributed by atoms with Gasteiger partial charge in [0, 0.05) is 44.1 Å². The molecule has 38 heavy (non-hydrogen) atoms. The van der Waals surface area contributed by atoms with Gasteiger partial charge in [-0.2, -0.15) is 4.31 Å². The fourth-order valence-corrected chi connectivity index (χ4v) is 8.96. The lowest BCUT2D eigenvalue weighted by molar-refractivity contribution is -0.132. The SMILES string of the molecule is Cc1sc2ncn(CC(=O)N3CCN(c4ccccc4F)CC3)c(=O)c2c1S(=O)(=O)N1CC(C)CC(C)C1. The third-order valence-electron chi connectivity index (χ3n) is 7.36. The number of hydrogen-bond acceptors (Lipinski definition) is 7. The smallest absolute Gasteiger partial charge is 0.263 e. The molecule has 2 saturated heterocycles. The Hall–Kier alpha value is -2.83. The van der Waals surface area contributed by atoms with Gasteiger partial charge in [0.2, 0.25) is 15.9 Å². The fourth-order valence-electron chi connectivity index (χ4n) is 5.62. The molecule has 4 heterocycles. The Labute approximate surface area is 225 Å². The number of carbonyl (C=O) groups is 1. The van der Waals surface area contributed by atoms with E-state index in [-0.39, 0.29) is 40.4 Å². The van der Waals surface area contributed by atoms with Crippen molar-refractivity contribution < 1.29 is 17.6 Å². The summed E-state index contributed by atoms with van der Waals surface area (Å²) in [5, 5.41) is 0.0538. The molecular formula is C26H32FN5O4S2. The van der Waals surface area contributed by atoms with E-state index in [0.29, 0.717) is 54.7 Å². The van der Waals surface area contributed by atoms with Gasteiger partial charge in [0.25, 0.3) is 5.56 Å². The zero-order chi connectivity index (χ0) is 27.2. The van der Waals surface area contributed by atoms with Gasteiger partial charge in [-0.15, -0.1) is 11.3 Å². The molecule has 1 aromatic carbocycles. The fraction of sp³-hybridized carbons (Fsp3) is 0.500. The number of piperidine rings is 1. The van der Waals surface area contributed by atoms with E-state index in [1.54, 1.807) is 30.0 Å². The Morgan fingerprint density at radius 3 is 2.42 bits per heavy atom. The molecule has 12 heteroatoms. The quantitative estimate of drug-likeness (QED) is 0.476. The minimum atomic E-state index is -3.91. The molecule has 2 unspecified atom stereocenters. The van der Waals surface area contributed by atoms with Crippen LogP contribution >= 0.6 is 11.3 Å². The summed E-state index contributed by atoms with van der Waals surface area (Å²) in [7, 11) is -3.91. The molecule has 5 rings (SSSR count). The van der Waals surface area contributed by atoms with Crippen molar-refractivity contribution in [3.63, 3.8) is 0 Å². The molecule has 0 aliphatic carbocycles. The van der Waals surface area contributed by atoms with Gasteiger partial charge in [-0.1, -0.05) is 26.0 Å². The summed E-state index contributed by atoms with van der Waals surface area (Å²) in [6.45, 7) is 8.06. The monoisotopic (exact) mass is 561 g/mol. The van der Waals surface area contributed by atoms with Crippen LogP contribution in [0, 0.1) is 24.6 Å². The molecule has 0 saturated carbocycles. The summed E-state index contributed by atoms with van der Waals surface area (Å²) in [5.41, 5.74) is -0.0288. The standard InChI is InChI=1S/C26H32FN5O4S2/c1-17-12-18(2)14-32(13-17)38(35,36)24-19(3)37-25-23(24)26(34)31(16-28-25)15-22(33)30-10-8-29(9-11-30)21-7-5-4-6-20(21)27/h4-7,16-18H,8-15H2,1-3H3. The highest BCUT2D eigenvalue weighted by Gasteiger charge is 2.36. The van der Waals surface area contributed by atoms with E-state index < -0.39 is 15.6 Å². The molecule has 204 valence electrons. The van der Waals surface area contributed by atoms with Gasteiger partial charge in [-0.3, -0.25) is 14.2 Å². The lowest BCUT2D eigenvalue weighted by atomic mass is 9.94. The van der Waals surface area contributed by atoms with Crippen molar-refractivity contribution in [3.05, 3.63) is 51.6 Å². The number of rotatable bonds is 5. The second-order valence-corrected chi connectivity index (χ2v) is 13.5. The summed E-state index contributed by atoms with van der Waals surface area (Å²) in [6.07, 6.45) is 2.27. The number of thiophene rings is 1. The number of carbonyl (C=O) groups excluding carboxylic acids is 1. The van der Waals surface area contributed by atoms with Crippen molar-refractivity contribution in [1.82, 2.24) is 18.8 Å². The number of benzene rings is 1. The number of halogens is 1. The number of piperazine rings is 1. The van der Waals surface area contributed by atoms with Crippen LogP contribution < -0.4 is 10.5 Å². The minimum Gasteiger partial charge on any atom is -0.366 e. The highest BCUT2D eigenvalue weighted by Crippen LogP contribution is 2.35. The highest BCUT2D eigenvalue weighted by atomic mass is 32.2. The third kappa shape index (κ3) is 4.96. The number of nitrogens with zero attached hydrogens (tertiary/aromatic N) is 5. The maximum atomic E-state index is 14.2. The van der Waals surface area contributed by atoms with Gasteiger partial charge in [-0.25, -0.2) is 17.8 Å². The van der Waals surface area contributed by atoms with Crippen molar-refractivity contribution in [1.29, 1.82) is 0 Å². The van der Waals surface area contributed by atoms with Crippen molar-refractivity contribution in [2.45, 2.75) is 38.6 Å². The summed E-state index contributed by atoms with van der Waals surface area (Å²) in [5.74, 6) is -0.116. The van der Waals surface area contributed by atoms with Gasteiger partial charge >= 0.3 is 0 Å². The predicted molar refractivity (Wildman–Crippen MR) is 146 cm³/mol. The zero-order valence-electron chi connectivity index (χ0n) is 21.8. The normalized spacial score (nSPS) is 21.3. The zero-order valence-corrected chi connectivity index (χ0v) is 23.4. The minimum absolute atomic E-state index is 0.0107. The van der Waals surface area contributed by atoms with Gasteiger partial charge in [-0.05, 0) is 37.3 Å². The number of hydrogen-bond donors (Lipinski definition) is 0. The van der Waals surface area contributed by atoms with Crippen LogP contribution in [-0.4, -0.2) is 72.3 Å². The summed E-state index contributed by atoms with van der Waals surface area (Å²) < 4.78 is 44.3. The van der Waals surface area contributed by atoms with Crippen LogP contribution in [0.2, 0.25) is 0 Å². The molecule has 0 radical (unpaired) electrons. The topological polar surface area (TPSA) is 95.8 Å². The number of amides is 1. The number of anilines is 1. The molecule has 0 bridgehead atoms. The van der Waals surface area contributed by atoms with Crippen LogP contribution in [0.1, 0.15) is 25.1 Å². The third-order valence-corrected chi connectivity index (χ3v) is 10.5. The molecule has 2 fully saturated rings. The first kappa shape index (κ1) is 26.8. The summed E-state index contributed by atoms with van der Waals surface area (Å²) in [6, 6.07) is 6.54. The molecule has 0 spiro atoms. The van der Waals surface area contributed by atoms with E-state index in [1.807, 2.05) is 18.7 Å². The van der Waals surface area contributed by atoms with Crippen LogP contribution in [0.5, 0.6) is 0 Å². The number of para-hydroxylation sites is 1. The van der Waals surface area contributed by atoms with Gasteiger partial charge in [0.15, 0.2) is 0 Å². The second-order valence-electron chi connectivity index (χ2n) is 10.4. The van der Waals surface area contributed by atoms with Crippen LogP contribution in [0.15, 0.2) is 40.3 Å². The Bertz CT molecular complexity index is 1520. The number of fused-ring (bicyclic) bond motifs is 1. The van der Waals surface area contributed by atoms with Gasteiger partial charge in [0.1, 0.15) is 22.1 Å². The van der Waals surface area contributed by atoms with Gasteiger partial charge < -0.3 is 9.80 Å². The molecule has 2 atom stereocenters. The van der Waals surface area contributed by atoms with E-state index in [4.69, 9.17) is 0 Å². The highest BCUT2D eigenvalue weighted by molar-refractivity contribution is 7.89. The van der Waals surface area contributed by atoms with Crippen LogP contribution in [0.25, 0.3) is 10.2 Å². The van der Waals surface area contributed by atoms with E-state index in [0.717, 1.165) is 6.42 Å². The van der Waals surface area contributed by atoms with E-state index in [1.165, 1.54) is 32.6 Å². The average molecular weight is 562 g/mol. The first-order chi connectivity index (χ1) is 18.1. The van der Waals surface area contributed by atoms with Gasteiger partial charge in [0.05, 0.1) is 17.4 Å². The van der Waals surface area contributed by atoms with E-state index in [9.17, 15) is 22.4 Å². The first-order valence-corrected chi connectivity index (χ1v) is 15.1. The molecule has 2 aliphatic heterocycles. The Balaban J connectivity index is 1.37. The molecule has 2 aromatic heterocycles. The van der Waals surface area contributed by atoms with Crippen molar-refractivity contribution in [2.75, 3.05) is 44.2 Å². The average Bonchev–Trinajstić information content (AvgIpc) is 3.23. The number of sulfonamides is 1. The Kier molecular flexibility index (Phi) is 7.31. The van der Waals surface area contributed by atoms with E-state index >= 15 is 0 Å². The lowest BCUT2D eigenvalue weighted by Crippen LogP contribution is -2.50. The van der Waals surface area contributed by atoms with Crippen LogP contribution in [0.4, 0.5) is 10.1 Å². The van der Waals surface area contributed by atoms with Crippen molar-refractivity contribution in [2.24, 2.45) is 11.8 Å². The Morgan fingerprint density at radius 1 is 1.11 bits per heavy atom. The second kappa shape index (κ2) is 10.4. The predicted octanol–water partition coefficient (Wildman–Crippen LogP) is 2.92. The Morgan fingerprint density at radius 2 is 1.76 bits per heavy atom. The number of aryl methyl sites for hydroxylation is 1. The maximum absolute atomic E-state index is 14.2. The molecular weight excluding hydrogens is 529 g/mol. The van der Waals surface area contributed by atoms with Crippen LogP contribution in [-0.2, 0) is 21.4 Å². The molecule has 1 amide bonds. The molecule has 0 N–H and O–H groups in total. The maximum Gasteiger partial charge on any atom is 0.263 e. The molecule has 3 aromatic rings. The molecule has 2 aliphatic rings. The van der Waals surface area contributed by atoms with Crippen LogP contribution in [0.3, 0.4) is 0 Å². The largest absolute Gasteiger partial charge is 0.366 e. The first-order valence-electron chi connectivity index (χ1n) is 12.8. The van der Waals surface area contributed by atoms with Crippen molar-refractivity contribution in [3.8, 4) is 0 Å².